The maximum absolute atomic E-state index is 12.4. The predicted octanol–water partition coefficient (Wildman–Crippen LogP) is 1.76. The van der Waals surface area contributed by atoms with Gasteiger partial charge in [0.1, 0.15) is 6.04 Å². The largest absolute Gasteiger partial charge is 0.464 e. The Morgan fingerprint density at radius 2 is 2.24 bits per heavy atom. The van der Waals surface area contributed by atoms with Gasteiger partial charge in [-0.05, 0) is 25.8 Å². The van der Waals surface area contributed by atoms with Crippen LogP contribution in [0.15, 0.2) is 24.3 Å². The molecule has 1 aromatic carbocycles. The van der Waals surface area contributed by atoms with Gasteiger partial charge in [0.15, 0.2) is 0 Å². The number of carbonyl (C=O) groups is 2. The lowest BCUT2D eigenvalue weighted by Crippen LogP contribution is -2.41. The standard InChI is InChI=1S/C14H16N2O5/c1-2-21-14(18)12-7-4-8-15(12)13(17)10-5-3-6-11(9-10)16(19)20/h3,5-6,9,12H,2,4,7-8H2,1H3/t12-/m0/s1. The van der Waals surface area contributed by atoms with E-state index in [4.69, 9.17) is 4.74 Å². The summed E-state index contributed by atoms with van der Waals surface area (Å²) in [5.74, 6) is -0.803. The number of benzene rings is 1. The van der Waals surface area contributed by atoms with Crippen molar-refractivity contribution in [1.29, 1.82) is 0 Å². The smallest absolute Gasteiger partial charge is 0.328 e. The molecule has 1 heterocycles. The lowest BCUT2D eigenvalue weighted by Gasteiger charge is -2.23. The Hall–Kier alpha value is -2.44. The summed E-state index contributed by atoms with van der Waals surface area (Å²) in [5.41, 5.74) is 0.0631. The number of esters is 1. The first-order valence-corrected chi connectivity index (χ1v) is 6.76. The summed E-state index contributed by atoms with van der Waals surface area (Å²) < 4.78 is 4.96. The molecule has 0 saturated carbocycles. The first-order chi connectivity index (χ1) is 10.0. The van der Waals surface area contributed by atoms with E-state index in [2.05, 4.69) is 0 Å². The van der Waals surface area contributed by atoms with Gasteiger partial charge in [0, 0.05) is 24.2 Å². The Morgan fingerprint density at radius 1 is 1.48 bits per heavy atom. The Bertz CT molecular complexity index is 572. The third kappa shape index (κ3) is 3.18. The van der Waals surface area contributed by atoms with Gasteiger partial charge < -0.3 is 9.64 Å². The number of ether oxygens (including phenoxy) is 1. The third-order valence-corrected chi connectivity index (χ3v) is 3.38. The fraction of sp³-hybridized carbons (Fsp3) is 0.429. The van der Waals surface area contributed by atoms with Crippen LogP contribution in [-0.4, -0.2) is 40.9 Å². The summed E-state index contributed by atoms with van der Waals surface area (Å²) in [6, 6.07) is 4.92. The van der Waals surface area contributed by atoms with E-state index in [0.717, 1.165) is 0 Å². The lowest BCUT2D eigenvalue weighted by atomic mass is 10.1. The summed E-state index contributed by atoms with van der Waals surface area (Å²) in [5, 5.41) is 10.8. The van der Waals surface area contributed by atoms with Gasteiger partial charge >= 0.3 is 5.97 Å². The lowest BCUT2D eigenvalue weighted by molar-refractivity contribution is -0.384. The molecule has 112 valence electrons. The molecule has 1 atom stereocenters. The normalized spacial score (nSPS) is 17.6. The average Bonchev–Trinajstić information content (AvgIpc) is 2.96. The first kappa shape index (κ1) is 15.0. The molecule has 7 nitrogen and oxygen atoms in total. The van der Waals surface area contributed by atoms with Gasteiger partial charge in [-0.15, -0.1) is 0 Å². The zero-order chi connectivity index (χ0) is 15.4. The second kappa shape index (κ2) is 6.34. The molecule has 1 saturated heterocycles. The van der Waals surface area contributed by atoms with Crippen molar-refractivity contribution < 1.29 is 19.2 Å². The van der Waals surface area contributed by atoms with E-state index in [1.54, 1.807) is 6.92 Å². The molecule has 2 rings (SSSR count). The minimum absolute atomic E-state index is 0.146. The van der Waals surface area contributed by atoms with Gasteiger partial charge in [-0.3, -0.25) is 14.9 Å². The number of carbonyl (C=O) groups excluding carboxylic acids is 2. The first-order valence-electron chi connectivity index (χ1n) is 6.76. The van der Waals surface area contributed by atoms with Crippen LogP contribution in [0.5, 0.6) is 0 Å². The third-order valence-electron chi connectivity index (χ3n) is 3.38. The van der Waals surface area contributed by atoms with Crippen LogP contribution in [0.1, 0.15) is 30.1 Å². The quantitative estimate of drug-likeness (QED) is 0.479. The van der Waals surface area contributed by atoms with E-state index in [1.165, 1.54) is 29.2 Å². The number of nitro groups is 1. The summed E-state index contributed by atoms with van der Waals surface area (Å²) in [4.78, 5) is 35.9. The molecule has 0 radical (unpaired) electrons. The fourth-order valence-electron chi connectivity index (χ4n) is 2.41. The number of hydrogen-bond acceptors (Lipinski definition) is 5. The summed E-state index contributed by atoms with van der Waals surface area (Å²) in [7, 11) is 0. The van der Waals surface area contributed by atoms with Crippen molar-refractivity contribution in [2.75, 3.05) is 13.2 Å². The zero-order valence-corrected chi connectivity index (χ0v) is 11.7. The van der Waals surface area contributed by atoms with E-state index in [0.29, 0.717) is 19.4 Å². The van der Waals surface area contributed by atoms with Crippen molar-refractivity contribution in [1.82, 2.24) is 4.90 Å². The maximum Gasteiger partial charge on any atom is 0.328 e. The van der Waals surface area contributed by atoms with Crippen molar-refractivity contribution in [3.8, 4) is 0 Å². The molecule has 7 heteroatoms. The molecular weight excluding hydrogens is 276 g/mol. The minimum atomic E-state index is -0.600. The van der Waals surface area contributed by atoms with Crippen LogP contribution in [0.25, 0.3) is 0 Å². The number of amides is 1. The van der Waals surface area contributed by atoms with Crippen LogP contribution < -0.4 is 0 Å². The van der Waals surface area contributed by atoms with Crippen LogP contribution in [0, 0.1) is 10.1 Å². The SMILES string of the molecule is CCOC(=O)[C@@H]1CCCN1C(=O)c1cccc([N+](=O)[O-])c1. The number of nitrogens with zero attached hydrogens (tertiary/aromatic N) is 2. The van der Waals surface area contributed by atoms with Gasteiger partial charge in [0.05, 0.1) is 11.5 Å². The van der Waals surface area contributed by atoms with Crippen molar-refractivity contribution >= 4 is 17.6 Å². The Kier molecular flexibility index (Phi) is 4.52. The highest BCUT2D eigenvalue weighted by atomic mass is 16.6. The van der Waals surface area contributed by atoms with E-state index >= 15 is 0 Å². The van der Waals surface area contributed by atoms with Gasteiger partial charge in [-0.1, -0.05) is 6.07 Å². The topological polar surface area (TPSA) is 89.8 Å². The Morgan fingerprint density at radius 3 is 2.90 bits per heavy atom. The van der Waals surface area contributed by atoms with Crippen LogP contribution >= 0.6 is 0 Å². The van der Waals surface area contributed by atoms with E-state index in [1.807, 2.05) is 0 Å². The second-order valence-corrected chi connectivity index (χ2v) is 4.72. The number of likely N-dealkylation sites (tertiary alicyclic amines) is 1. The fourth-order valence-corrected chi connectivity index (χ4v) is 2.41. The molecule has 1 aromatic rings. The van der Waals surface area contributed by atoms with Gasteiger partial charge in [-0.2, -0.15) is 0 Å². The van der Waals surface area contributed by atoms with Crippen LogP contribution in [0.4, 0.5) is 5.69 Å². The summed E-state index contributed by atoms with van der Waals surface area (Å²) in [6.45, 7) is 2.42. The van der Waals surface area contributed by atoms with Crippen molar-refractivity contribution in [3.63, 3.8) is 0 Å². The van der Waals surface area contributed by atoms with Gasteiger partial charge in [0.25, 0.3) is 11.6 Å². The van der Waals surface area contributed by atoms with Crippen molar-refractivity contribution in [2.45, 2.75) is 25.8 Å². The number of hydrogen-bond donors (Lipinski definition) is 0. The summed E-state index contributed by atoms with van der Waals surface area (Å²) in [6.07, 6.45) is 1.27. The average molecular weight is 292 g/mol. The highest BCUT2D eigenvalue weighted by Crippen LogP contribution is 2.23. The molecule has 0 N–H and O–H groups in total. The van der Waals surface area contributed by atoms with Crippen molar-refractivity contribution in [3.05, 3.63) is 39.9 Å². The zero-order valence-electron chi connectivity index (χ0n) is 11.7. The summed E-state index contributed by atoms with van der Waals surface area (Å²) >= 11 is 0. The maximum atomic E-state index is 12.4. The van der Waals surface area contributed by atoms with E-state index in [-0.39, 0.29) is 23.8 Å². The van der Waals surface area contributed by atoms with Crippen LogP contribution in [0.3, 0.4) is 0 Å². The predicted molar refractivity (Wildman–Crippen MR) is 73.8 cm³/mol. The van der Waals surface area contributed by atoms with Gasteiger partial charge in [-0.25, -0.2) is 4.79 Å². The number of nitro benzene ring substituents is 1. The Labute approximate surface area is 121 Å². The van der Waals surface area contributed by atoms with Gasteiger partial charge in [0.2, 0.25) is 0 Å². The Balaban J connectivity index is 2.20. The molecule has 21 heavy (non-hydrogen) atoms. The molecule has 0 aromatic heterocycles. The molecule has 1 aliphatic heterocycles. The van der Waals surface area contributed by atoms with E-state index in [9.17, 15) is 19.7 Å². The molecule has 0 aliphatic carbocycles. The van der Waals surface area contributed by atoms with Crippen molar-refractivity contribution in [2.24, 2.45) is 0 Å². The molecule has 1 fully saturated rings. The monoisotopic (exact) mass is 292 g/mol. The number of rotatable bonds is 4. The number of non-ortho nitro benzene ring substituents is 1. The van der Waals surface area contributed by atoms with Crippen LogP contribution in [-0.2, 0) is 9.53 Å². The highest BCUT2D eigenvalue weighted by Gasteiger charge is 2.35. The second-order valence-electron chi connectivity index (χ2n) is 4.72. The van der Waals surface area contributed by atoms with Crippen LogP contribution in [0.2, 0.25) is 0 Å². The molecular formula is C14H16N2O5. The molecule has 1 aliphatic rings. The minimum Gasteiger partial charge on any atom is -0.464 e. The molecule has 0 bridgehead atoms. The van der Waals surface area contributed by atoms with E-state index < -0.39 is 16.9 Å². The molecule has 0 spiro atoms. The molecule has 1 amide bonds. The highest BCUT2D eigenvalue weighted by molar-refractivity contribution is 5.97. The molecule has 0 unspecified atom stereocenters.